The molecule has 1 aromatic heterocycles. The Morgan fingerprint density at radius 2 is 1.88 bits per heavy atom. The summed E-state index contributed by atoms with van der Waals surface area (Å²) in [6.07, 6.45) is 0. The molecule has 0 atom stereocenters. The van der Waals surface area contributed by atoms with Gasteiger partial charge in [-0.2, -0.15) is 0 Å². The topological polar surface area (TPSA) is 77.8 Å². The maximum Gasteiger partial charge on any atom is 0.355 e. The second-order valence-electron chi connectivity index (χ2n) is 5.80. The van der Waals surface area contributed by atoms with Gasteiger partial charge in [0.1, 0.15) is 5.69 Å². The van der Waals surface area contributed by atoms with E-state index in [1.807, 2.05) is 4.90 Å². The van der Waals surface area contributed by atoms with E-state index < -0.39 is 5.97 Å². The maximum atomic E-state index is 12.6. The summed E-state index contributed by atoms with van der Waals surface area (Å²) in [5.41, 5.74) is 0.647. The van der Waals surface area contributed by atoms with Gasteiger partial charge in [0.05, 0.1) is 31.0 Å². The minimum absolute atomic E-state index is 0.158. The molecule has 1 fully saturated rings. The zero-order valence-corrected chi connectivity index (χ0v) is 14.3. The van der Waals surface area contributed by atoms with Crippen molar-refractivity contribution in [2.45, 2.75) is 6.92 Å². The number of ether oxygens (including phenoxy) is 2. The Bertz CT molecular complexity index is 929. The van der Waals surface area contributed by atoms with E-state index in [2.05, 4.69) is 0 Å². The molecule has 132 valence electrons. The summed E-state index contributed by atoms with van der Waals surface area (Å²) in [7, 11) is 1.67. The monoisotopic (exact) mass is 344 g/mol. The average Bonchev–Trinajstić information content (AvgIpc) is 2.79. The lowest BCUT2D eigenvalue weighted by Gasteiger charge is -2.27. The van der Waals surface area contributed by atoms with E-state index in [1.165, 1.54) is 12.1 Å². The highest BCUT2D eigenvalue weighted by Gasteiger charge is 2.17. The van der Waals surface area contributed by atoms with E-state index in [4.69, 9.17) is 9.47 Å². The molecule has 0 aliphatic carbocycles. The van der Waals surface area contributed by atoms with Crippen molar-refractivity contribution >= 4 is 22.6 Å². The number of pyridine rings is 1. The average molecular weight is 344 g/mol. The first-order valence-electron chi connectivity index (χ1n) is 8.21. The Morgan fingerprint density at radius 1 is 1.16 bits per heavy atom. The molecule has 0 N–H and O–H groups in total. The number of esters is 1. The first-order valence-corrected chi connectivity index (χ1v) is 8.21. The number of rotatable bonds is 3. The van der Waals surface area contributed by atoms with Crippen molar-refractivity contribution in [1.82, 2.24) is 4.57 Å². The number of hydrogen-bond donors (Lipinski definition) is 0. The van der Waals surface area contributed by atoms with Gasteiger partial charge in [-0.15, -0.1) is 0 Å². The van der Waals surface area contributed by atoms with Crippen molar-refractivity contribution in [3.05, 3.63) is 50.4 Å². The normalized spacial score (nSPS) is 14.6. The van der Waals surface area contributed by atoms with Gasteiger partial charge in [-0.3, -0.25) is 9.59 Å². The van der Waals surface area contributed by atoms with Crippen LogP contribution in [0.1, 0.15) is 17.4 Å². The van der Waals surface area contributed by atoms with Crippen LogP contribution in [-0.4, -0.2) is 43.4 Å². The summed E-state index contributed by atoms with van der Waals surface area (Å²) >= 11 is 0. The maximum absolute atomic E-state index is 12.6. The minimum atomic E-state index is -0.564. The molecule has 1 aromatic carbocycles. The summed E-state index contributed by atoms with van der Waals surface area (Å²) in [5, 5.41) is 0.388. The van der Waals surface area contributed by atoms with Gasteiger partial charge in [-0.1, -0.05) is 0 Å². The smallest absolute Gasteiger partial charge is 0.355 e. The molecule has 3 rings (SSSR count). The quantitative estimate of drug-likeness (QED) is 0.771. The van der Waals surface area contributed by atoms with Crippen LogP contribution in [0.3, 0.4) is 0 Å². The first kappa shape index (κ1) is 17.2. The SMILES string of the molecule is CCOC(=O)c1cc(=O)c2cc(N3CCOCC3)c(=O)ccc2n1C. The fourth-order valence-electron chi connectivity index (χ4n) is 2.98. The highest BCUT2D eigenvalue weighted by atomic mass is 16.5. The number of anilines is 1. The van der Waals surface area contributed by atoms with Crippen LogP contribution < -0.4 is 15.8 Å². The Labute approximate surface area is 144 Å². The summed E-state index contributed by atoms with van der Waals surface area (Å²) in [5.74, 6) is -0.564. The number of fused-ring (bicyclic) bond motifs is 1. The first-order chi connectivity index (χ1) is 12.0. The van der Waals surface area contributed by atoms with E-state index in [0.717, 1.165) is 0 Å². The van der Waals surface area contributed by atoms with Gasteiger partial charge in [0, 0.05) is 31.6 Å². The van der Waals surface area contributed by atoms with Crippen molar-refractivity contribution < 1.29 is 14.3 Å². The van der Waals surface area contributed by atoms with E-state index in [-0.39, 0.29) is 23.2 Å². The number of aryl methyl sites for hydroxylation is 1. The molecule has 2 aromatic rings. The number of morpholine rings is 1. The molecule has 0 radical (unpaired) electrons. The fourth-order valence-corrected chi connectivity index (χ4v) is 2.98. The highest BCUT2D eigenvalue weighted by molar-refractivity contribution is 5.92. The van der Waals surface area contributed by atoms with Crippen LogP contribution >= 0.6 is 0 Å². The summed E-state index contributed by atoms with van der Waals surface area (Å²) in [6, 6.07) is 5.88. The van der Waals surface area contributed by atoms with Crippen LogP contribution in [0.4, 0.5) is 5.69 Å². The molecule has 25 heavy (non-hydrogen) atoms. The van der Waals surface area contributed by atoms with E-state index in [9.17, 15) is 14.4 Å². The minimum Gasteiger partial charge on any atom is -0.461 e. The van der Waals surface area contributed by atoms with Crippen molar-refractivity contribution in [3.63, 3.8) is 0 Å². The molecule has 1 saturated heterocycles. The second kappa shape index (κ2) is 7.06. The molecule has 0 spiro atoms. The number of carbonyl (C=O) groups excluding carboxylic acids is 1. The van der Waals surface area contributed by atoms with Crippen molar-refractivity contribution in [1.29, 1.82) is 0 Å². The van der Waals surface area contributed by atoms with Gasteiger partial charge in [0.25, 0.3) is 0 Å². The summed E-state index contributed by atoms with van der Waals surface area (Å²) in [6.45, 7) is 4.21. The van der Waals surface area contributed by atoms with Crippen molar-refractivity contribution in [2.24, 2.45) is 7.05 Å². The Morgan fingerprint density at radius 3 is 2.56 bits per heavy atom. The molecule has 0 amide bonds. The van der Waals surface area contributed by atoms with Crippen LogP contribution in [0.15, 0.2) is 33.9 Å². The van der Waals surface area contributed by atoms with E-state index in [0.29, 0.717) is 42.9 Å². The molecule has 0 unspecified atom stereocenters. The lowest BCUT2D eigenvalue weighted by molar-refractivity contribution is 0.0515. The van der Waals surface area contributed by atoms with Gasteiger partial charge in [-0.25, -0.2) is 4.79 Å². The van der Waals surface area contributed by atoms with Gasteiger partial charge < -0.3 is 18.9 Å². The third-order valence-corrected chi connectivity index (χ3v) is 4.29. The van der Waals surface area contributed by atoms with Crippen molar-refractivity contribution in [2.75, 3.05) is 37.8 Å². The lowest BCUT2D eigenvalue weighted by atomic mass is 10.2. The van der Waals surface area contributed by atoms with E-state index in [1.54, 1.807) is 30.7 Å². The van der Waals surface area contributed by atoms with Gasteiger partial charge >= 0.3 is 5.97 Å². The molecule has 1 aliphatic rings. The van der Waals surface area contributed by atoms with Crippen LogP contribution in [0, 0.1) is 0 Å². The largest absolute Gasteiger partial charge is 0.461 e. The molecule has 1 aliphatic heterocycles. The molecule has 7 nitrogen and oxygen atoms in total. The third-order valence-electron chi connectivity index (χ3n) is 4.29. The number of hydrogen-bond acceptors (Lipinski definition) is 6. The molecular formula is C18H20N2O5. The fraction of sp³-hybridized carbons (Fsp3) is 0.389. The summed E-state index contributed by atoms with van der Waals surface area (Å²) in [4.78, 5) is 39.0. The molecule has 0 saturated carbocycles. The molecular weight excluding hydrogens is 324 g/mol. The zero-order chi connectivity index (χ0) is 18.0. The predicted molar refractivity (Wildman–Crippen MR) is 94.4 cm³/mol. The van der Waals surface area contributed by atoms with Crippen LogP contribution in [0.2, 0.25) is 0 Å². The number of carbonyl (C=O) groups is 1. The van der Waals surface area contributed by atoms with Gasteiger partial charge in [-0.05, 0) is 25.1 Å². The summed E-state index contributed by atoms with van der Waals surface area (Å²) < 4.78 is 11.9. The van der Waals surface area contributed by atoms with Gasteiger partial charge in [0.2, 0.25) is 5.43 Å². The van der Waals surface area contributed by atoms with Crippen LogP contribution in [0.5, 0.6) is 0 Å². The highest BCUT2D eigenvalue weighted by Crippen LogP contribution is 2.17. The van der Waals surface area contributed by atoms with Crippen LogP contribution in [-0.2, 0) is 16.5 Å². The second-order valence-corrected chi connectivity index (χ2v) is 5.80. The number of nitrogens with zero attached hydrogens (tertiary/aromatic N) is 2. The lowest BCUT2D eigenvalue weighted by Crippen LogP contribution is -2.38. The van der Waals surface area contributed by atoms with Crippen molar-refractivity contribution in [3.8, 4) is 0 Å². The number of aromatic nitrogens is 1. The predicted octanol–water partition coefficient (Wildman–Crippen LogP) is 0.912. The molecule has 2 heterocycles. The standard InChI is InChI=1S/C18H20N2O5/c1-3-25-18(23)15-11-17(22)12-10-14(20-6-8-24-9-7-20)16(21)5-4-13(12)19(15)2/h4-5,10-11H,3,6-9H2,1-2H3. The zero-order valence-electron chi connectivity index (χ0n) is 14.3. The third kappa shape index (κ3) is 3.28. The molecule has 0 bridgehead atoms. The Kier molecular flexibility index (Phi) is 4.85. The Hall–Kier alpha value is -2.67. The Balaban J connectivity index is 2.22. The van der Waals surface area contributed by atoms with Gasteiger partial charge in [0.15, 0.2) is 5.43 Å². The van der Waals surface area contributed by atoms with Crippen LogP contribution in [0.25, 0.3) is 10.9 Å². The molecule has 7 heteroatoms. The van der Waals surface area contributed by atoms with E-state index >= 15 is 0 Å².